The zero-order valence-corrected chi connectivity index (χ0v) is 18.5. The zero-order chi connectivity index (χ0) is 20.2. The molecule has 0 unspecified atom stereocenters. The number of ether oxygens (including phenoxy) is 1. The number of hydrogen-bond acceptors (Lipinski definition) is 4. The van der Waals surface area contributed by atoms with Crippen molar-refractivity contribution < 1.29 is 9.53 Å². The van der Waals surface area contributed by atoms with Crippen molar-refractivity contribution in [1.29, 1.82) is 0 Å². The molecule has 4 rings (SSSR count). The van der Waals surface area contributed by atoms with Gasteiger partial charge in [0.25, 0.3) is 5.91 Å². The second kappa shape index (κ2) is 9.38. The molecule has 2 aliphatic carbocycles. The molecule has 5 heteroatoms. The smallest absolute Gasteiger partial charge is 0.266 e. The highest BCUT2D eigenvalue weighted by atomic mass is 32.2. The summed E-state index contributed by atoms with van der Waals surface area (Å²) >= 11 is 1.58. The summed E-state index contributed by atoms with van der Waals surface area (Å²) in [5.41, 5.74) is 2.12. The monoisotopic (exact) mass is 412 g/mol. The number of thioether (sulfide) groups is 1. The molecule has 3 fully saturated rings. The average molecular weight is 413 g/mol. The molecule has 1 aromatic carbocycles. The van der Waals surface area contributed by atoms with E-state index in [4.69, 9.17) is 9.73 Å². The predicted molar refractivity (Wildman–Crippen MR) is 121 cm³/mol. The molecule has 3 aliphatic rings. The molecule has 0 bridgehead atoms. The summed E-state index contributed by atoms with van der Waals surface area (Å²) in [6.07, 6.45) is 14.1. The van der Waals surface area contributed by atoms with Gasteiger partial charge in [-0.2, -0.15) is 0 Å². The summed E-state index contributed by atoms with van der Waals surface area (Å²) in [5.74, 6) is 1.02. The number of aryl methyl sites for hydroxylation is 1. The van der Waals surface area contributed by atoms with E-state index in [2.05, 4.69) is 6.07 Å². The summed E-state index contributed by atoms with van der Waals surface area (Å²) in [6.45, 7) is 2.04. The van der Waals surface area contributed by atoms with E-state index in [1.165, 1.54) is 38.5 Å². The Morgan fingerprint density at radius 3 is 2.41 bits per heavy atom. The highest BCUT2D eigenvalue weighted by Crippen LogP contribution is 2.38. The van der Waals surface area contributed by atoms with E-state index >= 15 is 0 Å². The Morgan fingerprint density at radius 2 is 1.76 bits per heavy atom. The van der Waals surface area contributed by atoms with Crippen LogP contribution in [0.5, 0.6) is 5.75 Å². The SMILES string of the molecule is COc1ccc(C=C2SC(=NC3CCCCC3)N(C3CCCCC3)C2=O)cc1C. The number of amidine groups is 1. The number of methoxy groups -OCH3 is 1. The van der Waals surface area contributed by atoms with E-state index in [1.54, 1.807) is 18.9 Å². The number of benzene rings is 1. The van der Waals surface area contributed by atoms with Crippen molar-refractivity contribution in [2.45, 2.75) is 83.2 Å². The number of aliphatic imine (C=N–C) groups is 1. The van der Waals surface area contributed by atoms with Crippen molar-refractivity contribution in [1.82, 2.24) is 4.90 Å². The Morgan fingerprint density at radius 1 is 1.07 bits per heavy atom. The molecular formula is C24H32N2O2S. The second-order valence-corrected chi connectivity index (χ2v) is 9.52. The van der Waals surface area contributed by atoms with Gasteiger partial charge in [-0.05, 0) is 73.7 Å². The molecule has 0 spiro atoms. The Bertz CT molecular complexity index is 805. The molecule has 1 aromatic rings. The average Bonchev–Trinajstić information content (AvgIpc) is 3.04. The fourth-order valence-corrected chi connectivity index (χ4v) is 5.86. The lowest BCUT2D eigenvalue weighted by Gasteiger charge is -2.31. The third-order valence-corrected chi connectivity index (χ3v) is 7.36. The molecule has 1 aliphatic heterocycles. The highest BCUT2D eigenvalue weighted by Gasteiger charge is 2.39. The molecule has 0 atom stereocenters. The summed E-state index contributed by atoms with van der Waals surface area (Å²) in [6, 6.07) is 6.78. The van der Waals surface area contributed by atoms with Gasteiger partial charge in [0.2, 0.25) is 0 Å². The number of carbonyl (C=O) groups is 1. The van der Waals surface area contributed by atoms with E-state index in [0.29, 0.717) is 12.1 Å². The maximum absolute atomic E-state index is 13.4. The first-order chi connectivity index (χ1) is 14.2. The van der Waals surface area contributed by atoms with Gasteiger partial charge in [0, 0.05) is 6.04 Å². The number of amides is 1. The topological polar surface area (TPSA) is 41.9 Å². The van der Waals surface area contributed by atoms with Gasteiger partial charge in [0.05, 0.1) is 18.1 Å². The van der Waals surface area contributed by atoms with Crippen LogP contribution in [0.15, 0.2) is 28.1 Å². The van der Waals surface area contributed by atoms with Crippen molar-refractivity contribution in [3.05, 3.63) is 34.2 Å². The van der Waals surface area contributed by atoms with Crippen LogP contribution in [0.3, 0.4) is 0 Å². The number of carbonyl (C=O) groups excluding carboxylic acids is 1. The van der Waals surface area contributed by atoms with Crippen LogP contribution < -0.4 is 4.74 Å². The molecule has 2 saturated carbocycles. The van der Waals surface area contributed by atoms with Gasteiger partial charge in [0.15, 0.2) is 5.17 Å². The van der Waals surface area contributed by atoms with Crippen molar-refractivity contribution in [2.24, 2.45) is 4.99 Å². The molecule has 1 heterocycles. The molecule has 0 N–H and O–H groups in total. The minimum Gasteiger partial charge on any atom is -0.496 e. The Kier molecular flexibility index (Phi) is 6.63. The Hall–Kier alpha value is -1.75. The van der Waals surface area contributed by atoms with E-state index < -0.39 is 0 Å². The van der Waals surface area contributed by atoms with Crippen LogP contribution in [0, 0.1) is 6.92 Å². The van der Waals surface area contributed by atoms with Crippen LogP contribution in [0.2, 0.25) is 0 Å². The lowest BCUT2D eigenvalue weighted by Crippen LogP contribution is -2.41. The fourth-order valence-electron chi connectivity index (χ4n) is 4.75. The molecule has 0 aromatic heterocycles. The Labute approximate surface area is 178 Å². The van der Waals surface area contributed by atoms with E-state index in [9.17, 15) is 4.79 Å². The van der Waals surface area contributed by atoms with Crippen LogP contribution in [-0.4, -0.2) is 35.2 Å². The van der Waals surface area contributed by atoms with Gasteiger partial charge in [-0.3, -0.25) is 14.7 Å². The van der Waals surface area contributed by atoms with Gasteiger partial charge in [0.1, 0.15) is 5.75 Å². The fraction of sp³-hybridized carbons (Fsp3) is 0.583. The first-order valence-corrected chi connectivity index (χ1v) is 11.9. The van der Waals surface area contributed by atoms with Crippen LogP contribution >= 0.6 is 11.8 Å². The van der Waals surface area contributed by atoms with Crippen LogP contribution in [-0.2, 0) is 4.79 Å². The summed E-state index contributed by atoms with van der Waals surface area (Å²) in [5, 5.41) is 0.949. The van der Waals surface area contributed by atoms with Crippen LogP contribution in [0.4, 0.5) is 0 Å². The molecule has 156 valence electrons. The summed E-state index contributed by atoms with van der Waals surface area (Å²) in [4.78, 5) is 21.3. The number of nitrogens with zero attached hydrogens (tertiary/aromatic N) is 2. The van der Waals surface area contributed by atoms with Gasteiger partial charge < -0.3 is 4.74 Å². The van der Waals surface area contributed by atoms with Gasteiger partial charge in [-0.25, -0.2) is 0 Å². The zero-order valence-electron chi connectivity index (χ0n) is 17.7. The highest BCUT2D eigenvalue weighted by molar-refractivity contribution is 8.18. The van der Waals surface area contributed by atoms with Gasteiger partial charge in [-0.1, -0.05) is 44.6 Å². The molecule has 4 nitrogen and oxygen atoms in total. The van der Waals surface area contributed by atoms with E-state index in [1.807, 2.05) is 30.0 Å². The standard InChI is InChI=1S/C24H32N2O2S/c1-17-15-18(13-14-21(17)28-2)16-22-23(27)26(20-11-7-4-8-12-20)24(29-22)25-19-9-5-3-6-10-19/h13-16,19-20H,3-12H2,1-2H3. The van der Waals surface area contributed by atoms with Crippen molar-refractivity contribution in [3.8, 4) is 5.75 Å². The first-order valence-electron chi connectivity index (χ1n) is 11.1. The van der Waals surface area contributed by atoms with Crippen molar-refractivity contribution >= 4 is 28.9 Å². The molecular weight excluding hydrogens is 380 g/mol. The Balaban J connectivity index is 1.62. The summed E-state index contributed by atoms with van der Waals surface area (Å²) < 4.78 is 5.37. The third-order valence-electron chi connectivity index (χ3n) is 6.36. The number of hydrogen-bond donors (Lipinski definition) is 0. The molecule has 1 saturated heterocycles. The normalized spacial score (nSPS) is 24.6. The predicted octanol–water partition coefficient (Wildman–Crippen LogP) is 5.94. The molecule has 29 heavy (non-hydrogen) atoms. The lowest BCUT2D eigenvalue weighted by atomic mass is 9.94. The third kappa shape index (κ3) is 4.71. The van der Waals surface area contributed by atoms with Crippen LogP contribution in [0.1, 0.15) is 75.3 Å². The minimum absolute atomic E-state index is 0.143. The largest absolute Gasteiger partial charge is 0.496 e. The number of rotatable bonds is 4. The van der Waals surface area contributed by atoms with Crippen LogP contribution in [0.25, 0.3) is 6.08 Å². The summed E-state index contributed by atoms with van der Waals surface area (Å²) in [7, 11) is 1.69. The quantitative estimate of drug-likeness (QED) is 0.575. The maximum atomic E-state index is 13.4. The minimum atomic E-state index is 0.143. The maximum Gasteiger partial charge on any atom is 0.266 e. The van der Waals surface area contributed by atoms with Gasteiger partial charge >= 0.3 is 0 Å². The van der Waals surface area contributed by atoms with E-state index in [0.717, 1.165) is 52.6 Å². The van der Waals surface area contributed by atoms with E-state index in [-0.39, 0.29) is 5.91 Å². The second-order valence-electron chi connectivity index (χ2n) is 8.51. The first kappa shape index (κ1) is 20.5. The lowest BCUT2D eigenvalue weighted by molar-refractivity contribution is -0.124. The molecule has 0 radical (unpaired) electrons. The van der Waals surface area contributed by atoms with Crippen molar-refractivity contribution in [3.63, 3.8) is 0 Å². The van der Waals surface area contributed by atoms with Gasteiger partial charge in [-0.15, -0.1) is 0 Å². The van der Waals surface area contributed by atoms with Crippen molar-refractivity contribution in [2.75, 3.05) is 7.11 Å². The molecule has 1 amide bonds.